The number of aromatic carboxylic acids is 1. The van der Waals surface area contributed by atoms with Gasteiger partial charge in [0, 0.05) is 32.3 Å². The summed E-state index contributed by atoms with van der Waals surface area (Å²) in [6, 6.07) is 3.27. The Labute approximate surface area is 124 Å². The maximum Gasteiger partial charge on any atom is 0.339 e. The summed E-state index contributed by atoms with van der Waals surface area (Å²) in [7, 11) is 0. The molecule has 0 spiro atoms. The smallest absolute Gasteiger partial charge is 0.339 e. The third-order valence-electron chi connectivity index (χ3n) is 3.88. The van der Waals surface area contributed by atoms with Gasteiger partial charge in [-0.15, -0.1) is 0 Å². The van der Waals surface area contributed by atoms with E-state index in [-0.39, 0.29) is 11.5 Å². The summed E-state index contributed by atoms with van der Waals surface area (Å²) in [5.41, 5.74) is 0.982. The molecule has 2 rings (SSSR count). The van der Waals surface area contributed by atoms with Crippen LogP contribution in [0.5, 0.6) is 0 Å². The summed E-state index contributed by atoms with van der Waals surface area (Å²) in [5.74, 6) is 0.00683. The van der Waals surface area contributed by atoms with Crippen LogP contribution in [0.3, 0.4) is 0 Å². The first-order valence-corrected chi connectivity index (χ1v) is 7.17. The van der Waals surface area contributed by atoms with Crippen molar-refractivity contribution in [1.29, 1.82) is 0 Å². The van der Waals surface area contributed by atoms with E-state index in [0.29, 0.717) is 18.3 Å². The van der Waals surface area contributed by atoms with Gasteiger partial charge in [-0.2, -0.15) is 0 Å². The molecule has 6 nitrogen and oxygen atoms in total. The SMILES string of the molecule is CC(=O)N1CCC(CNc2nc(C)ccc2C(=O)O)CC1. The lowest BCUT2D eigenvalue weighted by atomic mass is 9.96. The molecule has 1 aromatic heterocycles. The molecule has 0 saturated carbocycles. The van der Waals surface area contributed by atoms with Crippen LogP contribution in [0, 0.1) is 12.8 Å². The van der Waals surface area contributed by atoms with Gasteiger partial charge >= 0.3 is 5.97 Å². The third kappa shape index (κ3) is 3.93. The van der Waals surface area contributed by atoms with Crippen molar-refractivity contribution in [2.75, 3.05) is 25.0 Å². The second-order valence-corrected chi connectivity index (χ2v) is 5.48. The highest BCUT2D eigenvalue weighted by Crippen LogP contribution is 2.19. The first-order valence-electron chi connectivity index (χ1n) is 7.17. The number of carboxylic acid groups (broad SMARTS) is 1. The van der Waals surface area contributed by atoms with E-state index in [1.165, 1.54) is 0 Å². The largest absolute Gasteiger partial charge is 0.478 e. The van der Waals surface area contributed by atoms with Crippen LogP contribution in [0.25, 0.3) is 0 Å². The van der Waals surface area contributed by atoms with Gasteiger partial charge in [0.2, 0.25) is 5.91 Å². The van der Waals surface area contributed by atoms with E-state index in [9.17, 15) is 9.59 Å². The lowest BCUT2D eigenvalue weighted by Gasteiger charge is -2.31. The average molecular weight is 291 g/mol. The zero-order valence-electron chi connectivity index (χ0n) is 12.4. The second kappa shape index (κ2) is 6.56. The number of piperidine rings is 1. The van der Waals surface area contributed by atoms with Crippen LogP contribution in [0.1, 0.15) is 35.8 Å². The Balaban J connectivity index is 1.93. The molecular weight excluding hydrogens is 270 g/mol. The van der Waals surface area contributed by atoms with E-state index in [1.54, 1.807) is 19.1 Å². The molecule has 0 bridgehead atoms. The number of nitrogens with zero attached hydrogens (tertiary/aromatic N) is 2. The summed E-state index contributed by atoms with van der Waals surface area (Å²) in [5, 5.41) is 12.3. The fourth-order valence-electron chi connectivity index (χ4n) is 2.56. The predicted molar refractivity (Wildman–Crippen MR) is 79.4 cm³/mol. The van der Waals surface area contributed by atoms with E-state index in [0.717, 1.165) is 31.6 Å². The molecule has 1 aromatic rings. The number of nitrogens with one attached hydrogen (secondary N) is 1. The van der Waals surface area contributed by atoms with Crippen LogP contribution < -0.4 is 5.32 Å². The number of rotatable bonds is 4. The highest BCUT2D eigenvalue weighted by molar-refractivity contribution is 5.93. The summed E-state index contributed by atoms with van der Waals surface area (Å²) in [4.78, 5) is 28.6. The Morgan fingerprint density at radius 1 is 1.38 bits per heavy atom. The van der Waals surface area contributed by atoms with Crippen LogP contribution in [0.15, 0.2) is 12.1 Å². The Bertz CT molecular complexity index is 537. The number of aromatic nitrogens is 1. The minimum absolute atomic E-state index is 0.120. The topological polar surface area (TPSA) is 82.5 Å². The standard InChI is InChI=1S/C15H21N3O3/c1-10-3-4-13(15(20)21)14(17-10)16-9-12-5-7-18(8-6-12)11(2)19/h3-4,12H,5-9H2,1-2H3,(H,16,17)(H,20,21). The van der Waals surface area contributed by atoms with Crippen molar-refractivity contribution in [3.05, 3.63) is 23.4 Å². The maximum absolute atomic E-state index is 11.3. The molecule has 1 saturated heterocycles. The first-order chi connectivity index (χ1) is 9.97. The fraction of sp³-hybridized carbons (Fsp3) is 0.533. The van der Waals surface area contributed by atoms with E-state index in [2.05, 4.69) is 10.3 Å². The molecule has 21 heavy (non-hydrogen) atoms. The molecule has 2 heterocycles. The molecule has 2 N–H and O–H groups in total. The van der Waals surface area contributed by atoms with Crippen LogP contribution >= 0.6 is 0 Å². The molecule has 1 aliphatic rings. The van der Waals surface area contributed by atoms with Gasteiger partial charge in [0.15, 0.2) is 0 Å². The van der Waals surface area contributed by atoms with Crippen LogP contribution in [-0.2, 0) is 4.79 Å². The molecule has 114 valence electrons. The molecule has 0 radical (unpaired) electrons. The van der Waals surface area contributed by atoms with Crippen molar-refractivity contribution in [2.24, 2.45) is 5.92 Å². The lowest BCUT2D eigenvalue weighted by Crippen LogP contribution is -2.38. The zero-order valence-corrected chi connectivity index (χ0v) is 12.4. The van der Waals surface area contributed by atoms with Gasteiger partial charge in [-0.05, 0) is 37.8 Å². The molecule has 0 aromatic carbocycles. The van der Waals surface area contributed by atoms with Gasteiger partial charge in [-0.1, -0.05) is 0 Å². The summed E-state index contributed by atoms with van der Waals surface area (Å²) in [6.07, 6.45) is 1.86. The number of amides is 1. The molecule has 6 heteroatoms. The Morgan fingerprint density at radius 2 is 2.05 bits per heavy atom. The second-order valence-electron chi connectivity index (χ2n) is 5.48. The van der Waals surface area contributed by atoms with Crippen LogP contribution in [-0.4, -0.2) is 46.5 Å². The Hall–Kier alpha value is -2.11. The number of hydrogen-bond donors (Lipinski definition) is 2. The number of aryl methyl sites for hydroxylation is 1. The van der Waals surface area contributed by atoms with E-state index >= 15 is 0 Å². The minimum Gasteiger partial charge on any atom is -0.478 e. The first kappa shape index (κ1) is 15.3. The van der Waals surface area contributed by atoms with Crippen LogP contribution in [0.4, 0.5) is 5.82 Å². The Kier molecular flexibility index (Phi) is 4.77. The predicted octanol–water partition coefficient (Wildman–Crippen LogP) is 1.76. The number of anilines is 1. The maximum atomic E-state index is 11.3. The molecule has 0 atom stereocenters. The highest BCUT2D eigenvalue weighted by atomic mass is 16.4. The molecule has 0 unspecified atom stereocenters. The van der Waals surface area contributed by atoms with Gasteiger partial charge in [-0.25, -0.2) is 9.78 Å². The van der Waals surface area contributed by atoms with Crippen molar-refractivity contribution in [1.82, 2.24) is 9.88 Å². The monoisotopic (exact) mass is 291 g/mol. The summed E-state index contributed by atoms with van der Waals surface area (Å²) in [6.45, 7) is 5.66. The number of likely N-dealkylation sites (tertiary alicyclic amines) is 1. The summed E-state index contributed by atoms with van der Waals surface area (Å²) >= 11 is 0. The highest BCUT2D eigenvalue weighted by Gasteiger charge is 2.21. The Morgan fingerprint density at radius 3 is 2.62 bits per heavy atom. The lowest BCUT2D eigenvalue weighted by molar-refractivity contribution is -0.130. The summed E-state index contributed by atoms with van der Waals surface area (Å²) < 4.78 is 0. The van der Waals surface area contributed by atoms with Crippen molar-refractivity contribution in [3.63, 3.8) is 0 Å². The molecular formula is C15H21N3O3. The van der Waals surface area contributed by atoms with Crippen molar-refractivity contribution in [3.8, 4) is 0 Å². The van der Waals surface area contributed by atoms with Crippen molar-refractivity contribution in [2.45, 2.75) is 26.7 Å². The number of pyridine rings is 1. The zero-order chi connectivity index (χ0) is 15.4. The molecule has 1 fully saturated rings. The quantitative estimate of drug-likeness (QED) is 0.883. The fourth-order valence-corrected chi connectivity index (χ4v) is 2.56. The third-order valence-corrected chi connectivity index (χ3v) is 3.88. The van der Waals surface area contributed by atoms with E-state index < -0.39 is 5.97 Å². The van der Waals surface area contributed by atoms with Crippen molar-refractivity contribution >= 4 is 17.7 Å². The molecule has 1 amide bonds. The van der Waals surface area contributed by atoms with Gasteiger partial charge in [0.05, 0.1) is 0 Å². The number of carboxylic acids is 1. The van der Waals surface area contributed by atoms with E-state index in [1.807, 2.05) is 11.8 Å². The average Bonchev–Trinajstić information content (AvgIpc) is 2.45. The van der Waals surface area contributed by atoms with Gasteiger partial charge in [-0.3, -0.25) is 4.79 Å². The van der Waals surface area contributed by atoms with Gasteiger partial charge in [0.1, 0.15) is 11.4 Å². The van der Waals surface area contributed by atoms with Gasteiger partial charge in [0.25, 0.3) is 0 Å². The van der Waals surface area contributed by atoms with E-state index in [4.69, 9.17) is 5.11 Å². The minimum atomic E-state index is -0.976. The number of carbonyl (C=O) groups excluding carboxylic acids is 1. The van der Waals surface area contributed by atoms with Gasteiger partial charge < -0.3 is 15.3 Å². The normalized spacial score (nSPS) is 15.8. The van der Waals surface area contributed by atoms with Crippen molar-refractivity contribution < 1.29 is 14.7 Å². The number of hydrogen-bond acceptors (Lipinski definition) is 4. The number of carbonyl (C=O) groups is 2. The molecule has 0 aliphatic carbocycles. The molecule has 1 aliphatic heterocycles. The van der Waals surface area contributed by atoms with Crippen LogP contribution in [0.2, 0.25) is 0 Å².